The third-order valence-corrected chi connectivity index (χ3v) is 2.73. The molecule has 1 aromatic heterocycles. The van der Waals surface area contributed by atoms with Crippen LogP contribution in [0.1, 0.15) is 41.1 Å². The van der Waals surface area contributed by atoms with E-state index in [4.69, 9.17) is 9.15 Å². The average molecular weight is 270 g/mol. The SMILES string of the molecule is Cc1cccc(/C=C/c2occc2C(=O)OC(C)C)c1. The minimum atomic E-state index is -0.363. The molecule has 2 rings (SSSR count). The van der Waals surface area contributed by atoms with Crippen molar-refractivity contribution < 1.29 is 13.9 Å². The van der Waals surface area contributed by atoms with E-state index in [1.165, 1.54) is 11.8 Å². The number of carbonyl (C=O) groups excluding carboxylic acids is 1. The number of hydrogen-bond donors (Lipinski definition) is 0. The second kappa shape index (κ2) is 6.24. The zero-order valence-corrected chi connectivity index (χ0v) is 11.9. The number of aryl methyl sites for hydroxylation is 1. The maximum atomic E-state index is 11.9. The average Bonchev–Trinajstić information content (AvgIpc) is 2.84. The van der Waals surface area contributed by atoms with Crippen LogP contribution in [0.2, 0.25) is 0 Å². The van der Waals surface area contributed by atoms with Gasteiger partial charge in [-0.1, -0.05) is 35.9 Å². The summed E-state index contributed by atoms with van der Waals surface area (Å²) in [5, 5.41) is 0. The summed E-state index contributed by atoms with van der Waals surface area (Å²) in [7, 11) is 0. The predicted octanol–water partition coefficient (Wildman–Crippen LogP) is 4.32. The van der Waals surface area contributed by atoms with Crippen LogP contribution >= 0.6 is 0 Å². The van der Waals surface area contributed by atoms with E-state index in [-0.39, 0.29) is 12.1 Å². The highest BCUT2D eigenvalue weighted by Gasteiger charge is 2.15. The normalized spacial score (nSPS) is 11.2. The Morgan fingerprint density at radius 2 is 2.05 bits per heavy atom. The summed E-state index contributed by atoms with van der Waals surface area (Å²) in [5.41, 5.74) is 2.69. The third-order valence-electron chi connectivity index (χ3n) is 2.73. The van der Waals surface area contributed by atoms with Crippen LogP contribution in [-0.4, -0.2) is 12.1 Å². The maximum absolute atomic E-state index is 11.9. The molecule has 0 saturated carbocycles. The number of ether oxygens (including phenoxy) is 1. The Kier molecular flexibility index (Phi) is 4.41. The number of esters is 1. The third kappa shape index (κ3) is 3.60. The second-order valence-electron chi connectivity index (χ2n) is 4.90. The Morgan fingerprint density at radius 3 is 2.75 bits per heavy atom. The fourth-order valence-electron chi connectivity index (χ4n) is 1.84. The summed E-state index contributed by atoms with van der Waals surface area (Å²) in [6, 6.07) is 9.71. The fourth-order valence-corrected chi connectivity index (χ4v) is 1.84. The van der Waals surface area contributed by atoms with Gasteiger partial charge in [0.25, 0.3) is 0 Å². The van der Waals surface area contributed by atoms with Crippen molar-refractivity contribution in [3.05, 3.63) is 59.0 Å². The van der Waals surface area contributed by atoms with Gasteiger partial charge in [0.2, 0.25) is 0 Å². The summed E-state index contributed by atoms with van der Waals surface area (Å²) in [5.74, 6) is 0.148. The molecule has 0 atom stereocenters. The lowest BCUT2D eigenvalue weighted by Gasteiger charge is -2.06. The Labute approximate surface area is 118 Å². The molecule has 1 aromatic carbocycles. The molecular formula is C17H18O3. The van der Waals surface area contributed by atoms with E-state index in [2.05, 4.69) is 6.07 Å². The van der Waals surface area contributed by atoms with Crippen LogP contribution in [-0.2, 0) is 4.74 Å². The van der Waals surface area contributed by atoms with Crippen LogP contribution in [0, 0.1) is 6.92 Å². The lowest BCUT2D eigenvalue weighted by Crippen LogP contribution is -2.11. The number of hydrogen-bond acceptors (Lipinski definition) is 3. The lowest BCUT2D eigenvalue weighted by atomic mass is 10.1. The Hall–Kier alpha value is -2.29. The summed E-state index contributed by atoms with van der Waals surface area (Å²) in [6.07, 6.45) is 5.04. The summed E-state index contributed by atoms with van der Waals surface area (Å²) in [6.45, 7) is 5.68. The van der Waals surface area contributed by atoms with Crippen molar-refractivity contribution in [2.24, 2.45) is 0 Å². The number of benzene rings is 1. The van der Waals surface area contributed by atoms with Crippen molar-refractivity contribution in [2.75, 3.05) is 0 Å². The lowest BCUT2D eigenvalue weighted by molar-refractivity contribution is 0.0377. The molecule has 0 spiro atoms. The zero-order chi connectivity index (χ0) is 14.5. The van der Waals surface area contributed by atoms with Crippen molar-refractivity contribution in [3.8, 4) is 0 Å². The van der Waals surface area contributed by atoms with Crippen LogP contribution in [0.15, 0.2) is 41.0 Å². The van der Waals surface area contributed by atoms with Crippen molar-refractivity contribution in [3.63, 3.8) is 0 Å². The quantitative estimate of drug-likeness (QED) is 0.776. The first-order chi connectivity index (χ1) is 9.56. The van der Waals surface area contributed by atoms with Gasteiger partial charge in [-0.05, 0) is 38.5 Å². The molecule has 3 heteroatoms. The van der Waals surface area contributed by atoms with E-state index in [1.54, 1.807) is 12.1 Å². The van der Waals surface area contributed by atoms with Crippen LogP contribution < -0.4 is 0 Å². The summed E-state index contributed by atoms with van der Waals surface area (Å²) < 4.78 is 10.5. The van der Waals surface area contributed by atoms with Gasteiger partial charge in [0.15, 0.2) is 0 Å². The van der Waals surface area contributed by atoms with Gasteiger partial charge in [-0.15, -0.1) is 0 Å². The molecule has 0 bridgehead atoms. The second-order valence-corrected chi connectivity index (χ2v) is 4.90. The molecular weight excluding hydrogens is 252 g/mol. The summed E-state index contributed by atoms with van der Waals surface area (Å²) in [4.78, 5) is 11.9. The zero-order valence-electron chi connectivity index (χ0n) is 11.9. The van der Waals surface area contributed by atoms with Crippen molar-refractivity contribution >= 4 is 18.1 Å². The first-order valence-electron chi connectivity index (χ1n) is 6.59. The largest absolute Gasteiger partial charge is 0.464 e. The standard InChI is InChI=1S/C17H18O3/c1-12(2)20-17(18)15-9-10-19-16(15)8-7-14-6-4-5-13(3)11-14/h4-12H,1-3H3/b8-7+. The molecule has 2 aromatic rings. The molecule has 0 aliphatic rings. The van der Waals surface area contributed by atoms with Crippen LogP contribution in [0.25, 0.3) is 12.2 Å². The topological polar surface area (TPSA) is 39.4 Å². The highest BCUT2D eigenvalue weighted by atomic mass is 16.5. The van der Waals surface area contributed by atoms with Gasteiger partial charge in [0.05, 0.1) is 12.4 Å². The van der Waals surface area contributed by atoms with Gasteiger partial charge < -0.3 is 9.15 Å². The van der Waals surface area contributed by atoms with E-state index in [0.717, 1.165) is 5.56 Å². The molecule has 0 saturated heterocycles. The van der Waals surface area contributed by atoms with Crippen molar-refractivity contribution in [1.29, 1.82) is 0 Å². The smallest absolute Gasteiger partial charge is 0.342 e. The Balaban J connectivity index is 2.18. The molecule has 0 fully saturated rings. The first kappa shape index (κ1) is 14.1. The highest BCUT2D eigenvalue weighted by molar-refractivity contribution is 5.93. The minimum Gasteiger partial charge on any atom is -0.464 e. The molecule has 0 radical (unpaired) electrons. The Bertz CT molecular complexity index is 621. The summed E-state index contributed by atoms with van der Waals surface area (Å²) >= 11 is 0. The Morgan fingerprint density at radius 1 is 1.25 bits per heavy atom. The predicted molar refractivity (Wildman–Crippen MR) is 79.4 cm³/mol. The van der Waals surface area contributed by atoms with Gasteiger partial charge in [0.1, 0.15) is 11.3 Å². The number of rotatable bonds is 4. The molecule has 104 valence electrons. The molecule has 0 aliphatic heterocycles. The molecule has 3 nitrogen and oxygen atoms in total. The van der Waals surface area contributed by atoms with Gasteiger partial charge in [0, 0.05) is 0 Å². The molecule has 0 N–H and O–H groups in total. The van der Waals surface area contributed by atoms with Gasteiger partial charge >= 0.3 is 5.97 Å². The monoisotopic (exact) mass is 270 g/mol. The van der Waals surface area contributed by atoms with Crippen LogP contribution in [0.3, 0.4) is 0 Å². The van der Waals surface area contributed by atoms with E-state index in [9.17, 15) is 4.79 Å². The van der Waals surface area contributed by atoms with Crippen LogP contribution in [0.5, 0.6) is 0 Å². The minimum absolute atomic E-state index is 0.147. The fraction of sp³-hybridized carbons (Fsp3) is 0.235. The van der Waals surface area contributed by atoms with Gasteiger partial charge in [-0.25, -0.2) is 4.79 Å². The van der Waals surface area contributed by atoms with Gasteiger partial charge in [-0.3, -0.25) is 0 Å². The molecule has 1 heterocycles. The number of carbonyl (C=O) groups is 1. The van der Waals surface area contributed by atoms with E-state index in [1.807, 2.05) is 45.0 Å². The van der Waals surface area contributed by atoms with E-state index in [0.29, 0.717) is 11.3 Å². The maximum Gasteiger partial charge on any atom is 0.342 e. The molecule has 0 aliphatic carbocycles. The van der Waals surface area contributed by atoms with Crippen LogP contribution in [0.4, 0.5) is 0 Å². The molecule has 20 heavy (non-hydrogen) atoms. The van der Waals surface area contributed by atoms with Crippen molar-refractivity contribution in [2.45, 2.75) is 26.9 Å². The van der Waals surface area contributed by atoms with Crippen molar-refractivity contribution in [1.82, 2.24) is 0 Å². The highest BCUT2D eigenvalue weighted by Crippen LogP contribution is 2.17. The number of furan rings is 1. The van der Waals surface area contributed by atoms with Gasteiger partial charge in [-0.2, -0.15) is 0 Å². The molecule has 0 amide bonds. The molecule has 0 unspecified atom stereocenters. The van der Waals surface area contributed by atoms with E-state index >= 15 is 0 Å². The van der Waals surface area contributed by atoms with E-state index < -0.39 is 0 Å². The first-order valence-corrected chi connectivity index (χ1v) is 6.59.